The highest BCUT2D eigenvalue weighted by Crippen LogP contribution is 2.32. The summed E-state index contributed by atoms with van der Waals surface area (Å²) in [4.78, 5) is 33.7. The van der Waals surface area contributed by atoms with Gasteiger partial charge in [0.15, 0.2) is 0 Å². The molecule has 0 radical (unpaired) electrons. The molecule has 34 heavy (non-hydrogen) atoms. The molecule has 0 saturated heterocycles. The highest BCUT2D eigenvalue weighted by atomic mass is 32.2. The van der Waals surface area contributed by atoms with Crippen LogP contribution in [-0.2, 0) is 16.0 Å². The van der Waals surface area contributed by atoms with Gasteiger partial charge in [0.1, 0.15) is 16.4 Å². The molecule has 0 aliphatic rings. The first-order valence-corrected chi connectivity index (χ1v) is 12.9. The molecular weight excluding hydrogens is 466 g/mol. The number of phenols is 1. The van der Waals surface area contributed by atoms with Gasteiger partial charge in [0.2, 0.25) is 5.91 Å². The molecule has 3 N–H and O–H groups in total. The van der Waals surface area contributed by atoms with Crippen molar-refractivity contribution in [1.82, 2.24) is 9.97 Å². The summed E-state index contributed by atoms with van der Waals surface area (Å²) in [6, 6.07) is 15.0. The lowest BCUT2D eigenvalue weighted by atomic mass is 9.87. The Balaban J connectivity index is 1.46. The number of carbonyl (C=O) groups is 1. The van der Waals surface area contributed by atoms with Crippen LogP contribution in [0.2, 0.25) is 0 Å². The summed E-state index contributed by atoms with van der Waals surface area (Å²) in [7, 11) is 0. The monoisotopic (exact) mass is 493 g/mol. The molecule has 0 aliphatic carbocycles. The molecule has 1 atom stereocenters. The minimum Gasteiger partial charge on any atom is -0.506 e. The average Bonchev–Trinajstić information content (AvgIpc) is 3.23. The van der Waals surface area contributed by atoms with E-state index in [4.69, 9.17) is 0 Å². The first-order valence-electron chi connectivity index (χ1n) is 11.0. The van der Waals surface area contributed by atoms with Crippen molar-refractivity contribution in [2.45, 2.75) is 44.1 Å². The van der Waals surface area contributed by atoms with Gasteiger partial charge in [-0.1, -0.05) is 57.2 Å². The number of aromatic hydroxyl groups is 1. The van der Waals surface area contributed by atoms with Gasteiger partial charge in [-0.05, 0) is 35.6 Å². The quantitative estimate of drug-likeness (QED) is 0.290. The van der Waals surface area contributed by atoms with Crippen molar-refractivity contribution in [2.75, 3.05) is 5.32 Å². The van der Waals surface area contributed by atoms with E-state index in [-0.39, 0.29) is 22.6 Å². The van der Waals surface area contributed by atoms with E-state index < -0.39 is 5.25 Å². The first-order chi connectivity index (χ1) is 16.1. The van der Waals surface area contributed by atoms with Crippen LogP contribution in [0.4, 0.5) is 5.69 Å². The first kappa shape index (κ1) is 24.0. The van der Waals surface area contributed by atoms with Crippen LogP contribution in [-0.4, -0.2) is 26.2 Å². The number of nitrogens with one attached hydrogen (secondary N) is 2. The van der Waals surface area contributed by atoms with Crippen molar-refractivity contribution in [2.24, 2.45) is 0 Å². The molecule has 0 saturated carbocycles. The highest BCUT2D eigenvalue weighted by molar-refractivity contribution is 7.99. The van der Waals surface area contributed by atoms with E-state index in [2.05, 4.69) is 36.1 Å². The molecule has 4 rings (SSSR count). The van der Waals surface area contributed by atoms with E-state index in [0.717, 1.165) is 16.7 Å². The summed E-state index contributed by atoms with van der Waals surface area (Å²) >= 11 is 2.81. The van der Waals surface area contributed by atoms with Crippen molar-refractivity contribution in [3.63, 3.8) is 0 Å². The molecule has 2 heterocycles. The van der Waals surface area contributed by atoms with Crippen LogP contribution in [0.3, 0.4) is 0 Å². The summed E-state index contributed by atoms with van der Waals surface area (Å²) in [6.07, 6.45) is 0. The number of anilines is 1. The number of aromatic nitrogens is 2. The molecule has 6 nitrogen and oxygen atoms in total. The second-order valence-corrected chi connectivity index (χ2v) is 11.3. The second kappa shape index (κ2) is 9.64. The molecule has 0 fully saturated rings. The predicted molar refractivity (Wildman–Crippen MR) is 142 cm³/mol. The Morgan fingerprint density at radius 3 is 2.65 bits per heavy atom. The van der Waals surface area contributed by atoms with E-state index in [9.17, 15) is 14.7 Å². The SMILES string of the molecule is CC(SCc1nc2scc(-c3ccccc3)c2c(=O)[nH]1)C(=O)Nc1cc(C(C)(C)C)ccc1O. The molecule has 0 spiro atoms. The number of carbonyl (C=O) groups excluding carboxylic acids is 1. The molecule has 176 valence electrons. The minimum atomic E-state index is -0.415. The van der Waals surface area contributed by atoms with E-state index in [1.54, 1.807) is 19.1 Å². The number of aromatic amines is 1. The second-order valence-electron chi connectivity index (χ2n) is 9.13. The molecule has 0 bridgehead atoms. The maximum absolute atomic E-state index is 12.8. The van der Waals surface area contributed by atoms with Gasteiger partial charge >= 0.3 is 0 Å². The van der Waals surface area contributed by atoms with Crippen LogP contribution < -0.4 is 10.9 Å². The van der Waals surface area contributed by atoms with E-state index >= 15 is 0 Å². The van der Waals surface area contributed by atoms with Crippen LogP contribution in [0.1, 0.15) is 39.1 Å². The largest absolute Gasteiger partial charge is 0.506 e. The van der Waals surface area contributed by atoms with Crippen LogP contribution in [0.5, 0.6) is 5.75 Å². The number of hydrogen-bond acceptors (Lipinski definition) is 6. The number of fused-ring (bicyclic) bond motifs is 1. The smallest absolute Gasteiger partial charge is 0.260 e. The van der Waals surface area contributed by atoms with Crippen molar-refractivity contribution in [1.29, 1.82) is 0 Å². The van der Waals surface area contributed by atoms with Gasteiger partial charge in [-0.15, -0.1) is 23.1 Å². The van der Waals surface area contributed by atoms with E-state index in [0.29, 0.717) is 27.5 Å². The Kier molecular flexibility index (Phi) is 6.81. The van der Waals surface area contributed by atoms with Gasteiger partial charge in [-0.25, -0.2) is 4.98 Å². The number of benzene rings is 2. The van der Waals surface area contributed by atoms with E-state index in [1.807, 2.05) is 41.8 Å². The standard InChI is InChI=1S/C26H27N3O3S2/c1-15(23(31)27-19-12-17(26(2,3)4)10-11-20(19)30)33-14-21-28-24(32)22-18(13-34-25(22)29-21)16-8-6-5-7-9-16/h5-13,15,30H,14H2,1-4H3,(H,27,31)(H,28,29,32). The van der Waals surface area contributed by atoms with Gasteiger partial charge in [0.05, 0.1) is 22.1 Å². The third-order valence-corrected chi connectivity index (χ3v) is 7.56. The number of thiophene rings is 1. The summed E-state index contributed by atoms with van der Waals surface area (Å²) in [6.45, 7) is 8.01. The van der Waals surface area contributed by atoms with Gasteiger partial charge in [0.25, 0.3) is 5.56 Å². The molecule has 0 aliphatic heterocycles. The fourth-order valence-electron chi connectivity index (χ4n) is 3.51. The van der Waals surface area contributed by atoms with Gasteiger partial charge < -0.3 is 15.4 Å². The Hall–Kier alpha value is -3.10. The summed E-state index contributed by atoms with van der Waals surface area (Å²) in [5.74, 6) is 0.715. The number of H-pyrrole nitrogens is 1. The predicted octanol–water partition coefficient (Wildman–Crippen LogP) is 5.92. The Morgan fingerprint density at radius 2 is 1.94 bits per heavy atom. The molecule has 2 aromatic carbocycles. The molecule has 4 aromatic rings. The molecule has 1 unspecified atom stereocenters. The lowest BCUT2D eigenvalue weighted by Gasteiger charge is -2.21. The van der Waals surface area contributed by atoms with Crippen molar-refractivity contribution in [3.8, 4) is 16.9 Å². The average molecular weight is 494 g/mol. The maximum Gasteiger partial charge on any atom is 0.260 e. The van der Waals surface area contributed by atoms with Crippen LogP contribution in [0.15, 0.2) is 58.7 Å². The van der Waals surface area contributed by atoms with E-state index in [1.165, 1.54) is 23.1 Å². The van der Waals surface area contributed by atoms with Crippen molar-refractivity contribution in [3.05, 3.63) is 75.7 Å². The fraction of sp³-hybridized carbons (Fsp3) is 0.269. The normalized spacial score (nSPS) is 12.6. The van der Waals surface area contributed by atoms with Gasteiger partial charge in [-0.3, -0.25) is 9.59 Å². The topological polar surface area (TPSA) is 95.1 Å². The third kappa shape index (κ3) is 5.18. The van der Waals surface area contributed by atoms with Crippen molar-refractivity contribution >= 4 is 44.9 Å². The number of hydrogen-bond donors (Lipinski definition) is 3. The molecule has 8 heteroatoms. The number of nitrogens with zero attached hydrogens (tertiary/aromatic N) is 1. The van der Waals surface area contributed by atoms with Crippen LogP contribution in [0, 0.1) is 0 Å². The number of phenolic OH excluding ortho intramolecular Hbond substituents is 1. The molecule has 1 amide bonds. The summed E-state index contributed by atoms with van der Waals surface area (Å²) in [5, 5.41) is 15.1. The summed E-state index contributed by atoms with van der Waals surface area (Å²) < 4.78 is 0. The molecular formula is C26H27N3O3S2. The van der Waals surface area contributed by atoms with Gasteiger partial charge in [-0.2, -0.15) is 0 Å². The minimum absolute atomic E-state index is 0.0295. The Morgan fingerprint density at radius 1 is 1.21 bits per heavy atom. The highest BCUT2D eigenvalue weighted by Gasteiger charge is 2.20. The van der Waals surface area contributed by atoms with Crippen LogP contribution in [0.25, 0.3) is 21.3 Å². The lowest BCUT2D eigenvalue weighted by molar-refractivity contribution is -0.115. The third-order valence-electron chi connectivity index (χ3n) is 5.54. The maximum atomic E-state index is 12.8. The number of thioether (sulfide) groups is 1. The zero-order chi connectivity index (χ0) is 24.5. The Labute approximate surface area is 206 Å². The van der Waals surface area contributed by atoms with Gasteiger partial charge in [0, 0.05) is 10.9 Å². The lowest BCUT2D eigenvalue weighted by Crippen LogP contribution is -2.23. The van der Waals surface area contributed by atoms with Crippen molar-refractivity contribution < 1.29 is 9.90 Å². The fourth-order valence-corrected chi connectivity index (χ4v) is 5.23. The molecule has 2 aromatic heterocycles. The number of rotatable bonds is 6. The summed E-state index contributed by atoms with van der Waals surface area (Å²) in [5.41, 5.74) is 2.98. The number of amides is 1. The Bertz CT molecular complexity index is 1390. The zero-order valence-electron chi connectivity index (χ0n) is 19.5. The zero-order valence-corrected chi connectivity index (χ0v) is 21.1. The van der Waals surface area contributed by atoms with Crippen LogP contribution >= 0.6 is 23.1 Å².